The number of carbonyl (C=O) groups is 1. The van der Waals surface area contributed by atoms with E-state index in [-0.39, 0.29) is 15.7 Å². The van der Waals surface area contributed by atoms with Gasteiger partial charge in [-0.2, -0.15) is 0 Å². The summed E-state index contributed by atoms with van der Waals surface area (Å²) in [5.74, 6) is -1.21. The zero-order valence-electron chi connectivity index (χ0n) is 8.11. The molecule has 2 rings (SSSR count). The number of nitrogens with two attached hydrogens (primary N) is 1. The normalized spacial score (nSPS) is 10.4. The maximum atomic E-state index is 10.7. The summed E-state index contributed by atoms with van der Waals surface area (Å²) in [7, 11) is 0. The van der Waals surface area contributed by atoms with Gasteiger partial charge >= 0.3 is 11.0 Å². The lowest BCUT2D eigenvalue weighted by Crippen LogP contribution is -2.00. The molecule has 0 fully saturated rings. The first-order valence-corrected chi connectivity index (χ1v) is 5.86. The number of hydrogen-bond acceptors (Lipinski definition) is 7. The minimum Gasteiger partial charge on any atom is -0.476 e. The molecule has 2 aromatic rings. The molecule has 0 aliphatic heterocycles. The van der Waals surface area contributed by atoms with E-state index in [9.17, 15) is 14.9 Å². The third-order valence-corrected chi connectivity index (χ3v) is 3.93. The van der Waals surface area contributed by atoms with E-state index in [1.54, 1.807) is 0 Å². The quantitative estimate of drug-likeness (QED) is 0.651. The van der Waals surface area contributed by atoms with Crippen LogP contribution in [-0.4, -0.2) is 21.0 Å². The summed E-state index contributed by atoms with van der Waals surface area (Å²) in [5.41, 5.74) is 5.27. The highest BCUT2D eigenvalue weighted by atomic mass is 32.1. The second-order valence-electron chi connectivity index (χ2n) is 2.93. The molecule has 0 aliphatic rings. The lowest BCUT2D eigenvalue weighted by Gasteiger charge is -1.86. The van der Waals surface area contributed by atoms with Gasteiger partial charge in [0.05, 0.1) is 9.80 Å². The number of nitrogens with zero attached hydrogens (tertiary/aromatic N) is 2. The molecule has 0 radical (unpaired) electrons. The molecule has 3 N–H and O–H groups in total. The monoisotopic (exact) mass is 271 g/mol. The fraction of sp³-hybridized carbons (Fsp3) is 0. The summed E-state index contributed by atoms with van der Waals surface area (Å²) in [4.78, 5) is 25.1. The highest BCUT2D eigenvalue weighted by Crippen LogP contribution is 2.36. The Kier molecular flexibility index (Phi) is 2.77. The van der Waals surface area contributed by atoms with Crippen LogP contribution in [-0.2, 0) is 0 Å². The van der Waals surface area contributed by atoms with Crippen molar-refractivity contribution in [3.63, 3.8) is 0 Å². The van der Waals surface area contributed by atoms with Crippen molar-refractivity contribution in [3.8, 4) is 9.88 Å². The molecule has 88 valence electrons. The van der Waals surface area contributed by atoms with Gasteiger partial charge in [0.15, 0.2) is 5.69 Å². The number of aromatic carboxylic acids is 1. The van der Waals surface area contributed by atoms with Crippen LogP contribution >= 0.6 is 22.7 Å². The van der Waals surface area contributed by atoms with Crippen LogP contribution in [0, 0.1) is 10.1 Å². The largest absolute Gasteiger partial charge is 0.476 e. The Balaban J connectivity index is 2.42. The molecule has 7 nitrogen and oxygen atoms in total. The first-order chi connectivity index (χ1) is 7.99. The predicted molar refractivity (Wildman–Crippen MR) is 63.5 cm³/mol. The molecule has 0 saturated carbocycles. The molecule has 0 atom stereocenters. The second-order valence-corrected chi connectivity index (χ2v) is 5.02. The molecule has 0 amide bonds. The zero-order chi connectivity index (χ0) is 12.6. The Morgan fingerprint density at radius 2 is 2.18 bits per heavy atom. The standard InChI is InChI=1S/C8H5N3O4S2/c9-6-5(8(12)13)10-7(17-6)3-1-2-4(16-3)11(14)15/h1-2H,9H2,(H,12,13). The van der Waals surface area contributed by atoms with Crippen LogP contribution in [0.25, 0.3) is 9.88 Å². The number of nitrogen functional groups attached to an aromatic ring is 1. The van der Waals surface area contributed by atoms with Crippen molar-refractivity contribution < 1.29 is 14.8 Å². The smallest absolute Gasteiger partial charge is 0.357 e. The van der Waals surface area contributed by atoms with E-state index >= 15 is 0 Å². The number of carboxylic acid groups (broad SMARTS) is 1. The average molecular weight is 271 g/mol. The first-order valence-electron chi connectivity index (χ1n) is 4.23. The Labute approximate surface area is 102 Å². The molecule has 2 aromatic heterocycles. The molecular formula is C8H5N3O4S2. The van der Waals surface area contributed by atoms with Crippen molar-refractivity contribution in [1.82, 2.24) is 4.98 Å². The maximum Gasteiger partial charge on any atom is 0.357 e. The van der Waals surface area contributed by atoms with E-state index in [1.165, 1.54) is 12.1 Å². The minimum absolute atomic E-state index is 0.0225. The van der Waals surface area contributed by atoms with Crippen molar-refractivity contribution in [2.24, 2.45) is 0 Å². The zero-order valence-corrected chi connectivity index (χ0v) is 9.75. The fourth-order valence-corrected chi connectivity index (χ4v) is 2.83. The lowest BCUT2D eigenvalue weighted by molar-refractivity contribution is -0.380. The van der Waals surface area contributed by atoms with Crippen molar-refractivity contribution in [3.05, 3.63) is 27.9 Å². The third kappa shape index (κ3) is 2.10. The van der Waals surface area contributed by atoms with Gasteiger partial charge in [0.25, 0.3) is 0 Å². The average Bonchev–Trinajstić information content (AvgIpc) is 2.82. The molecule has 17 heavy (non-hydrogen) atoms. The Morgan fingerprint density at radius 3 is 2.65 bits per heavy atom. The minimum atomic E-state index is -1.21. The number of thiazole rings is 1. The van der Waals surface area contributed by atoms with Gasteiger partial charge in [-0.15, -0.1) is 0 Å². The van der Waals surface area contributed by atoms with Gasteiger partial charge in [-0.25, -0.2) is 9.78 Å². The molecule has 0 spiro atoms. The molecule has 0 unspecified atom stereocenters. The number of carboxylic acids is 1. The Bertz CT molecular complexity index is 604. The molecule has 2 heterocycles. The number of thiophene rings is 1. The van der Waals surface area contributed by atoms with Crippen LogP contribution in [0.2, 0.25) is 0 Å². The van der Waals surface area contributed by atoms with Crippen molar-refractivity contribution >= 4 is 38.6 Å². The van der Waals surface area contributed by atoms with Gasteiger partial charge < -0.3 is 10.8 Å². The number of rotatable bonds is 3. The fourth-order valence-electron chi connectivity index (χ4n) is 1.13. The Morgan fingerprint density at radius 1 is 1.47 bits per heavy atom. The predicted octanol–water partition coefficient (Wildman–Crippen LogP) is 2.06. The van der Waals surface area contributed by atoms with Gasteiger partial charge in [-0.1, -0.05) is 22.7 Å². The van der Waals surface area contributed by atoms with Crippen LogP contribution in [0.3, 0.4) is 0 Å². The number of hydrogen-bond donors (Lipinski definition) is 2. The van der Waals surface area contributed by atoms with Crippen molar-refractivity contribution in [2.45, 2.75) is 0 Å². The SMILES string of the molecule is Nc1sc(-c2ccc([N+](=O)[O-])s2)nc1C(=O)O. The van der Waals surface area contributed by atoms with Gasteiger partial charge in [-0.05, 0) is 6.07 Å². The molecule has 0 aliphatic carbocycles. The summed E-state index contributed by atoms with van der Waals surface area (Å²) < 4.78 is 0. The number of aromatic nitrogens is 1. The molecular weight excluding hydrogens is 266 g/mol. The molecule has 0 aromatic carbocycles. The summed E-state index contributed by atoms with van der Waals surface area (Å²) in [6.45, 7) is 0. The van der Waals surface area contributed by atoms with Crippen LogP contribution in [0.5, 0.6) is 0 Å². The van der Waals surface area contributed by atoms with Gasteiger partial charge in [0.2, 0.25) is 0 Å². The van der Waals surface area contributed by atoms with E-state index < -0.39 is 10.9 Å². The van der Waals surface area contributed by atoms with E-state index in [1.807, 2.05) is 0 Å². The maximum absolute atomic E-state index is 10.7. The van der Waals surface area contributed by atoms with Gasteiger partial charge in [-0.3, -0.25) is 10.1 Å². The number of anilines is 1. The van der Waals surface area contributed by atoms with E-state index in [0.29, 0.717) is 9.88 Å². The van der Waals surface area contributed by atoms with Crippen LogP contribution in [0.15, 0.2) is 12.1 Å². The number of nitro groups is 1. The van der Waals surface area contributed by atoms with Crippen LogP contribution in [0.4, 0.5) is 10.0 Å². The van der Waals surface area contributed by atoms with Crippen molar-refractivity contribution in [1.29, 1.82) is 0 Å². The summed E-state index contributed by atoms with van der Waals surface area (Å²) >= 11 is 1.92. The first kappa shape index (κ1) is 11.5. The molecule has 9 heteroatoms. The highest BCUT2D eigenvalue weighted by Gasteiger charge is 2.19. The van der Waals surface area contributed by atoms with E-state index in [4.69, 9.17) is 10.8 Å². The van der Waals surface area contributed by atoms with Gasteiger partial charge in [0, 0.05) is 6.07 Å². The van der Waals surface area contributed by atoms with Crippen LogP contribution < -0.4 is 5.73 Å². The van der Waals surface area contributed by atoms with E-state index in [2.05, 4.69) is 4.98 Å². The van der Waals surface area contributed by atoms with Gasteiger partial charge in [0.1, 0.15) is 10.0 Å². The highest BCUT2D eigenvalue weighted by molar-refractivity contribution is 7.25. The summed E-state index contributed by atoms with van der Waals surface area (Å²) in [6, 6.07) is 2.87. The second kappa shape index (κ2) is 4.11. The summed E-state index contributed by atoms with van der Waals surface area (Å²) in [6.07, 6.45) is 0. The van der Waals surface area contributed by atoms with Crippen LogP contribution in [0.1, 0.15) is 10.5 Å². The summed E-state index contributed by atoms with van der Waals surface area (Å²) in [5, 5.41) is 19.7. The van der Waals surface area contributed by atoms with Crippen molar-refractivity contribution in [2.75, 3.05) is 5.73 Å². The van der Waals surface area contributed by atoms with E-state index in [0.717, 1.165) is 22.7 Å². The Hall–Kier alpha value is -2.00. The molecule has 0 saturated heterocycles. The lowest BCUT2D eigenvalue weighted by atomic mass is 10.4. The third-order valence-electron chi connectivity index (χ3n) is 1.84. The molecule has 0 bridgehead atoms. The topological polar surface area (TPSA) is 119 Å².